The lowest BCUT2D eigenvalue weighted by atomic mass is 9.95. The maximum absolute atomic E-state index is 6.66. The number of rotatable bonds is 6. The molecule has 0 aliphatic heterocycles. The highest BCUT2D eigenvalue weighted by Crippen LogP contribution is 2.43. The molecule has 0 radical (unpaired) electrons. The Bertz CT molecular complexity index is 3510. The molecule has 0 aliphatic carbocycles. The fourth-order valence-electron chi connectivity index (χ4n) is 8.65. The molecule has 0 bridgehead atoms. The molecule has 4 heterocycles. The first kappa shape index (κ1) is 33.9. The number of nitrogens with zero attached hydrogens (tertiary/aromatic N) is 3. The first-order valence-electron chi connectivity index (χ1n) is 20.1. The second-order valence-corrected chi connectivity index (χ2v) is 15.1. The molecule has 0 amide bonds. The predicted octanol–water partition coefficient (Wildman–Crippen LogP) is 14.8. The van der Waals surface area contributed by atoms with Crippen molar-refractivity contribution in [3.8, 4) is 67.4 Å². The standard InChI is InChI=1S/C55H33N3O2/c1-3-13-36(14-4-1)45-33-46(37-15-5-2-6-16-37)57-55(56-45)39-31-29-38(30-32-39)52-54-51(43-18-8-10-23-48(43)60-54)44-21-11-20-41(53(44)58-52)35-27-25-34(26-28-35)40-19-12-24-49-50(40)42-17-7-9-22-47(42)59-49/h1-33H. The van der Waals surface area contributed by atoms with Crippen LogP contribution in [0.25, 0.3) is 122 Å². The van der Waals surface area contributed by atoms with Crippen molar-refractivity contribution in [2.75, 3.05) is 0 Å². The van der Waals surface area contributed by atoms with Gasteiger partial charge in [0, 0.05) is 54.7 Å². The predicted molar refractivity (Wildman–Crippen MR) is 245 cm³/mol. The largest absolute Gasteiger partial charge is 0.456 e. The summed E-state index contributed by atoms with van der Waals surface area (Å²) in [5, 5.41) is 5.41. The van der Waals surface area contributed by atoms with E-state index in [1.165, 1.54) is 0 Å². The summed E-state index contributed by atoms with van der Waals surface area (Å²) in [6.45, 7) is 0. The zero-order valence-corrected chi connectivity index (χ0v) is 32.2. The summed E-state index contributed by atoms with van der Waals surface area (Å²) in [6.07, 6.45) is 0. The smallest absolute Gasteiger partial charge is 0.162 e. The Morgan fingerprint density at radius 1 is 0.317 bits per heavy atom. The van der Waals surface area contributed by atoms with Gasteiger partial charge in [-0.05, 0) is 41.0 Å². The van der Waals surface area contributed by atoms with Crippen LogP contribution in [0, 0.1) is 0 Å². The van der Waals surface area contributed by atoms with Gasteiger partial charge in [0.1, 0.15) is 22.4 Å². The third-order valence-electron chi connectivity index (χ3n) is 11.5. The minimum atomic E-state index is 0.657. The molecule has 0 spiro atoms. The lowest BCUT2D eigenvalue weighted by molar-refractivity contribution is 0.668. The van der Waals surface area contributed by atoms with Crippen LogP contribution in [0.2, 0.25) is 0 Å². The second-order valence-electron chi connectivity index (χ2n) is 15.1. The average Bonchev–Trinajstić information content (AvgIpc) is 3.91. The fraction of sp³-hybridized carbons (Fsp3) is 0. The van der Waals surface area contributed by atoms with Crippen LogP contribution >= 0.6 is 0 Å². The molecule has 0 aliphatic rings. The van der Waals surface area contributed by atoms with E-state index < -0.39 is 0 Å². The van der Waals surface area contributed by atoms with Crippen molar-refractivity contribution in [2.45, 2.75) is 0 Å². The van der Waals surface area contributed by atoms with Crippen molar-refractivity contribution in [2.24, 2.45) is 0 Å². The lowest BCUT2D eigenvalue weighted by Crippen LogP contribution is -1.96. The summed E-state index contributed by atoms with van der Waals surface area (Å²) in [7, 11) is 0. The van der Waals surface area contributed by atoms with Gasteiger partial charge in [-0.25, -0.2) is 15.0 Å². The number of aromatic nitrogens is 3. The average molecular weight is 768 g/mol. The van der Waals surface area contributed by atoms with E-state index in [1.54, 1.807) is 0 Å². The van der Waals surface area contributed by atoms with E-state index in [-0.39, 0.29) is 0 Å². The molecular formula is C55H33N3O2. The second kappa shape index (κ2) is 13.8. The minimum Gasteiger partial charge on any atom is -0.456 e. The number of furan rings is 2. The Morgan fingerprint density at radius 2 is 0.817 bits per heavy atom. The third-order valence-corrected chi connectivity index (χ3v) is 11.5. The van der Waals surface area contributed by atoms with E-state index in [9.17, 15) is 0 Å². The number of hydrogen-bond acceptors (Lipinski definition) is 5. The highest BCUT2D eigenvalue weighted by molar-refractivity contribution is 6.22. The molecule has 0 fully saturated rings. The zero-order valence-electron chi connectivity index (χ0n) is 32.2. The van der Waals surface area contributed by atoms with Gasteiger partial charge in [-0.3, -0.25) is 0 Å². The molecule has 0 unspecified atom stereocenters. The van der Waals surface area contributed by atoms with Crippen LogP contribution < -0.4 is 0 Å². The van der Waals surface area contributed by atoms with Crippen LogP contribution in [-0.4, -0.2) is 15.0 Å². The van der Waals surface area contributed by atoms with Gasteiger partial charge in [0.15, 0.2) is 11.4 Å². The molecule has 0 atom stereocenters. The van der Waals surface area contributed by atoms with Gasteiger partial charge in [-0.15, -0.1) is 0 Å². The van der Waals surface area contributed by atoms with E-state index in [1.807, 2.05) is 66.7 Å². The van der Waals surface area contributed by atoms with Crippen LogP contribution in [0.1, 0.15) is 0 Å². The summed E-state index contributed by atoms with van der Waals surface area (Å²) in [5.74, 6) is 0.657. The summed E-state index contributed by atoms with van der Waals surface area (Å²) in [5.41, 5.74) is 15.2. The Hall–Kier alpha value is -8.15. The summed E-state index contributed by atoms with van der Waals surface area (Å²) in [6, 6.07) is 69.0. The van der Waals surface area contributed by atoms with Gasteiger partial charge in [0.25, 0.3) is 0 Å². The quantitative estimate of drug-likeness (QED) is 0.169. The molecular weight excluding hydrogens is 735 g/mol. The Kier molecular flexibility index (Phi) is 7.78. The SMILES string of the molecule is c1ccc(-c2cc(-c3ccccc3)nc(-c3ccc(-c4nc5c(-c6ccc(-c7cccc8oc9ccccc9c78)cc6)cccc5c5c4oc4ccccc45)cc3)n2)cc1. The molecule has 5 heteroatoms. The Balaban J connectivity index is 0.991. The van der Waals surface area contributed by atoms with Crippen LogP contribution in [0.3, 0.4) is 0 Å². The van der Waals surface area contributed by atoms with Crippen LogP contribution in [0.4, 0.5) is 0 Å². The number of para-hydroxylation sites is 3. The molecule has 280 valence electrons. The normalized spacial score (nSPS) is 11.7. The lowest BCUT2D eigenvalue weighted by Gasteiger charge is -2.12. The summed E-state index contributed by atoms with van der Waals surface area (Å²) in [4.78, 5) is 15.6. The molecule has 12 aromatic rings. The molecule has 12 rings (SSSR count). The van der Waals surface area contributed by atoms with Crippen LogP contribution in [0.5, 0.6) is 0 Å². The Labute approximate surface area is 344 Å². The zero-order chi connectivity index (χ0) is 39.6. The molecule has 8 aromatic carbocycles. The highest BCUT2D eigenvalue weighted by atomic mass is 16.3. The van der Waals surface area contributed by atoms with E-state index in [0.29, 0.717) is 5.82 Å². The van der Waals surface area contributed by atoms with E-state index >= 15 is 0 Å². The fourth-order valence-corrected chi connectivity index (χ4v) is 8.65. The highest BCUT2D eigenvalue weighted by Gasteiger charge is 2.21. The molecule has 60 heavy (non-hydrogen) atoms. The molecule has 0 saturated carbocycles. The number of pyridine rings is 1. The summed E-state index contributed by atoms with van der Waals surface area (Å²) >= 11 is 0. The van der Waals surface area contributed by atoms with Crippen molar-refractivity contribution in [1.29, 1.82) is 0 Å². The number of hydrogen-bond donors (Lipinski definition) is 0. The van der Waals surface area contributed by atoms with Crippen molar-refractivity contribution >= 4 is 54.8 Å². The van der Waals surface area contributed by atoms with E-state index in [2.05, 4.69) is 133 Å². The van der Waals surface area contributed by atoms with Crippen LogP contribution in [-0.2, 0) is 0 Å². The maximum atomic E-state index is 6.66. The first-order valence-corrected chi connectivity index (χ1v) is 20.1. The topological polar surface area (TPSA) is 65.0 Å². The van der Waals surface area contributed by atoms with Gasteiger partial charge < -0.3 is 8.83 Å². The van der Waals surface area contributed by atoms with Crippen molar-refractivity contribution in [1.82, 2.24) is 15.0 Å². The van der Waals surface area contributed by atoms with Gasteiger partial charge in [-0.1, -0.05) is 176 Å². The van der Waals surface area contributed by atoms with Crippen LogP contribution in [0.15, 0.2) is 209 Å². The van der Waals surface area contributed by atoms with Gasteiger partial charge in [0.05, 0.1) is 16.9 Å². The summed E-state index contributed by atoms with van der Waals surface area (Å²) < 4.78 is 12.9. The molecule has 5 nitrogen and oxygen atoms in total. The maximum Gasteiger partial charge on any atom is 0.162 e. The van der Waals surface area contributed by atoms with Gasteiger partial charge >= 0.3 is 0 Å². The van der Waals surface area contributed by atoms with Crippen molar-refractivity contribution in [3.05, 3.63) is 200 Å². The molecule has 0 saturated heterocycles. The third kappa shape index (κ3) is 5.59. The number of fused-ring (bicyclic) bond motifs is 8. The first-order chi connectivity index (χ1) is 29.7. The minimum absolute atomic E-state index is 0.657. The molecule has 0 N–H and O–H groups in total. The van der Waals surface area contributed by atoms with Crippen molar-refractivity contribution < 1.29 is 8.83 Å². The molecule has 4 aromatic heterocycles. The van der Waals surface area contributed by atoms with Gasteiger partial charge in [0.2, 0.25) is 0 Å². The Morgan fingerprint density at radius 3 is 1.50 bits per heavy atom. The van der Waals surface area contributed by atoms with E-state index in [4.69, 9.17) is 23.8 Å². The monoisotopic (exact) mass is 767 g/mol. The van der Waals surface area contributed by atoms with Crippen molar-refractivity contribution in [3.63, 3.8) is 0 Å². The van der Waals surface area contributed by atoms with E-state index in [0.717, 1.165) is 116 Å². The van der Waals surface area contributed by atoms with Gasteiger partial charge in [-0.2, -0.15) is 0 Å². The number of benzene rings is 8.